The van der Waals surface area contributed by atoms with Crippen LogP contribution in [-0.4, -0.2) is 17.0 Å². The van der Waals surface area contributed by atoms with Crippen molar-refractivity contribution in [2.75, 3.05) is 6.54 Å². The van der Waals surface area contributed by atoms with E-state index >= 15 is 0 Å². The van der Waals surface area contributed by atoms with E-state index in [-0.39, 0.29) is 0 Å². The molecule has 0 saturated carbocycles. The molecule has 1 heterocycles. The normalized spacial score (nSPS) is 17.9. The Hall–Kier alpha value is -1.47. The minimum Gasteiger partial charge on any atom is -0.361 e. The first-order chi connectivity index (χ1) is 9.76. The lowest BCUT2D eigenvalue weighted by Gasteiger charge is -2.18. The molecule has 106 valence electrons. The molecule has 1 N–H and O–H groups in total. The number of amidine groups is 1. The highest BCUT2D eigenvalue weighted by Gasteiger charge is 2.25. The highest BCUT2D eigenvalue weighted by Crippen LogP contribution is 2.30. The fourth-order valence-corrected chi connectivity index (χ4v) is 3.79. The molecule has 0 aliphatic carbocycles. The standard InChI is InChI=1S/C16H21N3S/c1-3-14(4-2)15-11-19-16(20-15)18-10-13-7-5-6-12(8-13)9-17/h5-8,14-15H,3-4,10-11H2,1-2H3,(H,18,19). The van der Waals surface area contributed by atoms with Crippen LogP contribution in [-0.2, 0) is 6.54 Å². The number of benzene rings is 1. The molecular weight excluding hydrogens is 266 g/mol. The Labute approximate surface area is 125 Å². The molecule has 0 saturated heterocycles. The molecule has 20 heavy (non-hydrogen) atoms. The van der Waals surface area contributed by atoms with Gasteiger partial charge in [-0.2, -0.15) is 5.26 Å². The molecule has 3 nitrogen and oxygen atoms in total. The van der Waals surface area contributed by atoms with Gasteiger partial charge in [-0.3, -0.25) is 4.99 Å². The van der Waals surface area contributed by atoms with E-state index in [1.54, 1.807) is 0 Å². The third-order valence-corrected chi connectivity index (χ3v) is 5.09. The van der Waals surface area contributed by atoms with Gasteiger partial charge in [-0.1, -0.05) is 50.6 Å². The fraction of sp³-hybridized carbons (Fsp3) is 0.500. The molecule has 1 aliphatic heterocycles. The van der Waals surface area contributed by atoms with Crippen molar-refractivity contribution in [3.63, 3.8) is 0 Å². The van der Waals surface area contributed by atoms with Gasteiger partial charge in [0.1, 0.15) is 0 Å². The Kier molecular flexibility index (Phi) is 5.49. The zero-order valence-corrected chi connectivity index (χ0v) is 12.9. The van der Waals surface area contributed by atoms with Crippen molar-refractivity contribution >= 4 is 16.9 Å². The number of thioether (sulfide) groups is 1. The number of aliphatic imine (C=N–C) groups is 1. The Morgan fingerprint density at radius 1 is 1.45 bits per heavy atom. The van der Waals surface area contributed by atoms with Crippen LogP contribution in [0.2, 0.25) is 0 Å². The quantitative estimate of drug-likeness (QED) is 0.901. The predicted molar refractivity (Wildman–Crippen MR) is 85.7 cm³/mol. The summed E-state index contributed by atoms with van der Waals surface area (Å²) in [4.78, 5) is 4.60. The minimum absolute atomic E-state index is 0.623. The maximum Gasteiger partial charge on any atom is 0.157 e. The largest absolute Gasteiger partial charge is 0.361 e. The van der Waals surface area contributed by atoms with E-state index in [2.05, 4.69) is 30.2 Å². The monoisotopic (exact) mass is 287 g/mol. The Morgan fingerprint density at radius 3 is 2.95 bits per heavy atom. The van der Waals surface area contributed by atoms with Crippen LogP contribution in [0.25, 0.3) is 0 Å². The highest BCUT2D eigenvalue weighted by atomic mass is 32.2. The average molecular weight is 287 g/mol. The Bertz CT molecular complexity index is 515. The van der Waals surface area contributed by atoms with Crippen LogP contribution < -0.4 is 5.32 Å². The number of hydrogen-bond acceptors (Lipinski definition) is 4. The average Bonchev–Trinajstić information content (AvgIpc) is 2.95. The summed E-state index contributed by atoms with van der Waals surface area (Å²) in [7, 11) is 0. The predicted octanol–water partition coefficient (Wildman–Crippen LogP) is 3.56. The van der Waals surface area contributed by atoms with Crippen LogP contribution in [0.1, 0.15) is 37.8 Å². The number of rotatable bonds is 5. The molecule has 2 rings (SSSR count). The molecule has 1 unspecified atom stereocenters. The van der Waals surface area contributed by atoms with Crippen molar-refractivity contribution in [2.24, 2.45) is 10.9 Å². The van der Waals surface area contributed by atoms with Crippen molar-refractivity contribution in [1.82, 2.24) is 5.32 Å². The summed E-state index contributed by atoms with van der Waals surface area (Å²) in [6.45, 7) is 6.18. The zero-order valence-electron chi connectivity index (χ0n) is 12.1. The first-order valence-corrected chi connectivity index (χ1v) is 8.08. The second kappa shape index (κ2) is 7.35. The van der Waals surface area contributed by atoms with Gasteiger partial charge in [-0.05, 0) is 23.6 Å². The smallest absolute Gasteiger partial charge is 0.157 e. The van der Waals surface area contributed by atoms with E-state index in [0.717, 1.165) is 29.7 Å². The first-order valence-electron chi connectivity index (χ1n) is 7.20. The van der Waals surface area contributed by atoms with Crippen LogP contribution in [0.4, 0.5) is 0 Å². The van der Waals surface area contributed by atoms with Crippen molar-refractivity contribution in [3.8, 4) is 6.07 Å². The molecule has 0 spiro atoms. The molecule has 0 bridgehead atoms. The van der Waals surface area contributed by atoms with Gasteiger partial charge in [0.2, 0.25) is 0 Å². The summed E-state index contributed by atoms with van der Waals surface area (Å²) < 4.78 is 0. The Morgan fingerprint density at radius 2 is 2.25 bits per heavy atom. The van der Waals surface area contributed by atoms with E-state index in [4.69, 9.17) is 5.26 Å². The maximum absolute atomic E-state index is 8.89. The van der Waals surface area contributed by atoms with Gasteiger partial charge in [-0.25, -0.2) is 0 Å². The summed E-state index contributed by atoms with van der Waals surface area (Å²) in [6, 6.07) is 9.88. The van der Waals surface area contributed by atoms with E-state index in [1.807, 2.05) is 36.0 Å². The third-order valence-electron chi connectivity index (χ3n) is 3.75. The molecule has 1 atom stereocenters. The molecule has 0 amide bonds. The second-order valence-corrected chi connectivity index (χ2v) is 6.27. The zero-order chi connectivity index (χ0) is 14.4. The first kappa shape index (κ1) is 14.9. The lowest BCUT2D eigenvalue weighted by Crippen LogP contribution is -2.21. The summed E-state index contributed by atoms with van der Waals surface area (Å²) in [5, 5.41) is 13.9. The summed E-state index contributed by atoms with van der Waals surface area (Å²) in [5.74, 6) is 0.755. The molecule has 0 aromatic heterocycles. The number of nitrogens with zero attached hydrogens (tertiary/aromatic N) is 2. The summed E-state index contributed by atoms with van der Waals surface area (Å²) >= 11 is 1.87. The van der Waals surface area contributed by atoms with Crippen LogP contribution in [0.5, 0.6) is 0 Å². The van der Waals surface area contributed by atoms with Gasteiger partial charge in [0.25, 0.3) is 0 Å². The number of nitriles is 1. The van der Waals surface area contributed by atoms with E-state index in [1.165, 1.54) is 12.8 Å². The van der Waals surface area contributed by atoms with Gasteiger partial charge in [0.15, 0.2) is 5.17 Å². The van der Waals surface area contributed by atoms with E-state index in [9.17, 15) is 0 Å². The molecular formula is C16H21N3S. The van der Waals surface area contributed by atoms with E-state index < -0.39 is 0 Å². The van der Waals surface area contributed by atoms with Gasteiger partial charge in [0, 0.05) is 11.8 Å². The van der Waals surface area contributed by atoms with Crippen molar-refractivity contribution in [1.29, 1.82) is 5.26 Å². The van der Waals surface area contributed by atoms with Crippen molar-refractivity contribution in [2.45, 2.75) is 38.5 Å². The summed E-state index contributed by atoms with van der Waals surface area (Å²) in [6.07, 6.45) is 2.45. The molecule has 1 aromatic rings. The van der Waals surface area contributed by atoms with Crippen LogP contribution >= 0.6 is 11.8 Å². The van der Waals surface area contributed by atoms with Gasteiger partial charge >= 0.3 is 0 Å². The lowest BCUT2D eigenvalue weighted by molar-refractivity contribution is 0.479. The second-order valence-electron chi connectivity index (χ2n) is 5.04. The third kappa shape index (κ3) is 3.77. The van der Waals surface area contributed by atoms with Crippen LogP contribution in [0.3, 0.4) is 0 Å². The lowest BCUT2D eigenvalue weighted by atomic mass is 9.99. The minimum atomic E-state index is 0.623. The molecule has 4 heteroatoms. The maximum atomic E-state index is 8.89. The fourth-order valence-electron chi connectivity index (χ4n) is 2.48. The molecule has 0 fully saturated rings. The number of nitrogens with one attached hydrogen (secondary N) is 1. The highest BCUT2D eigenvalue weighted by molar-refractivity contribution is 8.14. The number of hydrogen-bond donors (Lipinski definition) is 1. The van der Waals surface area contributed by atoms with Gasteiger partial charge in [0.05, 0.1) is 18.2 Å². The molecule has 1 aromatic carbocycles. The molecule has 0 radical (unpaired) electrons. The SMILES string of the molecule is CCC(CC)C1CN=C(NCc2cccc(C#N)c2)S1. The van der Waals surface area contributed by atoms with Gasteiger partial charge in [-0.15, -0.1) is 0 Å². The summed E-state index contributed by atoms with van der Waals surface area (Å²) in [5.41, 5.74) is 1.83. The van der Waals surface area contributed by atoms with E-state index in [0.29, 0.717) is 10.8 Å². The van der Waals surface area contributed by atoms with Crippen molar-refractivity contribution in [3.05, 3.63) is 35.4 Å². The van der Waals surface area contributed by atoms with Crippen LogP contribution in [0, 0.1) is 17.2 Å². The van der Waals surface area contributed by atoms with Gasteiger partial charge < -0.3 is 5.32 Å². The molecule has 1 aliphatic rings. The van der Waals surface area contributed by atoms with Crippen molar-refractivity contribution < 1.29 is 0 Å². The topological polar surface area (TPSA) is 48.2 Å². The Balaban J connectivity index is 1.85. The van der Waals surface area contributed by atoms with Crippen LogP contribution in [0.15, 0.2) is 29.3 Å².